The Morgan fingerprint density at radius 1 is 1.18 bits per heavy atom. The number of nitrogens with one attached hydrogen (secondary N) is 1. The average Bonchev–Trinajstić information content (AvgIpc) is 2.74. The van der Waals surface area contributed by atoms with Crippen LogP contribution in [-0.4, -0.2) is 65.2 Å². The topological polar surface area (TPSA) is 109 Å². The van der Waals surface area contributed by atoms with E-state index in [0.29, 0.717) is 23.6 Å². The van der Waals surface area contributed by atoms with Crippen molar-refractivity contribution >= 4 is 33.5 Å². The normalized spacial score (nSPS) is 15.9. The highest BCUT2D eigenvalue weighted by Crippen LogP contribution is 2.48. The van der Waals surface area contributed by atoms with E-state index in [0.717, 1.165) is 12.1 Å². The van der Waals surface area contributed by atoms with E-state index in [4.69, 9.17) is 9.84 Å². The lowest BCUT2D eigenvalue weighted by atomic mass is 9.95. The minimum Gasteiger partial charge on any atom is -0.481 e. The summed E-state index contributed by atoms with van der Waals surface area (Å²) in [5.41, 5.74) is 0.898. The first kappa shape index (κ1) is 25.4. The largest absolute Gasteiger partial charge is 0.481 e. The zero-order valence-electron chi connectivity index (χ0n) is 19.4. The molecule has 3 rings (SSSR count). The molecular weight excluding hydrogens is 468 g/mol. The van der Waals surface area contributed by atoms with Gasteiger partial charge in [0.15, 0.2) is 0 Å². The van der Waals surface area contributed by atoms with E-state index < -0.39 is 45.5 Å². The summed E-state index contributed by atoms with van der Waals surface area (Å²) in [6, 6.07) is 4.12. The van der Waals surface area contributed by atoms with Gasteiger partial charge in [-0.2, -0.15) is 0 Å². The maximum Gasteiger partial charge on any atom is 0.303 e. The number of pyridine rings is 1. The van der Waals surface area contributed by atoms with E-state index in [2.05, 4.69) is 10.3 Å². The summed E-state index contributed by atoms with van der Waals surface area (Å²) in [5.74, 6) is -3.53. The molecule has 2 heterocycles. The zero-order valence-corrected chi connectivity index (χ0v) is 20.2. The minimum absolute atomic E-state index is 0.0183. The van der Waals surface area contributed by atoms with Crippen molar-refractivity contribution in [2.75, 3.05) is 37.7 Å². The number of halogens is 2. The van der Waals surface area contributed by atoms with Gasteiger partial charge >= 0.3 is 5.97 Å². The second kappa shape index (κ2) is 9.96. The molecule has 0 fully saturated rings. The van der Waals surface area contributed by atoms with E-state index >= 15 is 0 Å². The van der Waals surface area contributed by atoms with Crippen molar-refractivity contribution in [3.05, 3.63) is 47.2 Å². The number of carboxylic acid groups (broad SMARTS) is 1. The fourth-order valence-electron chi connectivity index (χ4n) is 3.91. The van der Waals surface area contributed by atoms with E-state index in [1.807, 2.05) is 0 Å². The second-order valence-electron chi connectivity index (χ2n) is 8.62. The molecule has 2 amide bonds. The highest BCUT2D eigenvalue weighted by molar-refractivity contribution is 8.32. The lowest BCUT2D eigenvalue weighted by molar-refractivity contribution is -0.143. The molecule has 184 valence electrons. The van der Waals surface area contributed by atoms with Crippen LogP contribution in [0, 0.1) is 11.6 Å². The molecule has 1 atom stereocenters. The Bertz CT molecular complexity index is 1110. The van der Waals surface area contributed by atoms with Crippen LogP contribution in [0.1, 0.15) is 30.1 Å². The summed E-state index contributed by atoms with van der Waals surface area (Å²) in [7, 11) is -0.240. The Morgan fingerprint density at radius 2 is 1.82 bits per heavy atom. The number of methoxy groups -OCH3 is 1. The van der Waals surface area contributed by atoms with Gasteiger partial charge in [-0.1, -0.05) is 0 Å². The molecule has 1 aromatic carbocycles. The number of carbonyl (C=O) groups excluding carboxylic acids is 2. The van der Waals surface area contributed by atoms with Crippen LogP contribution in [-0.2, 0) is 20.8 Å². The number of hydrogen-bond acceptors (Lipinski definition) is 5. The Balaban J connectivity index is 1.96. The lowest BCUT2D eigenvalue weighted by Crippen LogP contribution is -2.45. The molecule has 0 bridgehead atoms. The van der Waals surface area contributed by atoms with Crippen LogP contribution in [0.25, 0.3) is 0 Å². The molecule has 0 saturated carbocycles. The molecule has 0 radical (unpaired) electrons. The summed E-state index contributed by atoms with van der Waals surface area (Å²) in [6.45, 7) is 0.124. The number of carbonyl (C=O) groups is 3. The van der Waals surface area contributed by atoms with E-state index in [9.17, 15) is 23.2 Å². The quantitative estimate of drug-likeness (QED) is 0.610. The summed E-state index contributed by atoms with van der Waals surface area (Å²) in [4.78, 5) is 42.6. The number of aromatic nitrogens is 1. The Labute approximate surface area is 197 Å². The fraction of sp³-hybridized carbons (Fsp3) is 0.391. The molecular formula is C23H27F2N3O5S. The van der Waals surface area contributed by atoms with Crippen molar-refractivity contribution < 1.29 is 33.0 Å². The van der Waals surface area contributed by atoms with Crippen LogP contribution in [0.2, 0.25) is 0 Å². The van der Waals surface area contributed by atoms with Gasteiger partial charge in [-0.05, 0) is 37.0 Å². The molecule has 1 aliphatic rings. The Morgan fingerprint density at radius 3 is 2.38 bits per heavy atom. The lowest BCUT2D eigenvalue weighted by Gasteiger charge is -2.36. The van der Waals surface area contributed by atoms with Crippen molar-refractivity contribution in [2.24, 2.45) is 0 Å². The highest BCUT2D eigenvalue weighted by Gasteiger charge is 2.37. The molecule has 0 unspecified atom stereocenters. The first-order valence-electron chi connectivity index (χ1n) is 10.5. The first-order valence-corrected chi connectivity index (χ1v) is 13.3. The van der Waals surface area contributed by atoms with Crippen LogP contribution < -0.4 is 10.1 Å². The van der Waals surface area contributed by atoms with E-state index in [1.54, 1.807) is 30.9 Å². The number of ether oxygens (including phenoxy) is 1. The van der Waals surface area contributed by atoms with Gasteiger partial charge in [-0.15, -0.1) is 0 Å². The van der Waals surface area contributed by atoms with Crippen molar-refractivity contribution in [1.82, 2.24) is 9.88 Å². The van der Waals surface area contributed by atoms with Gasteiger partial charge in [0.05, 0.1) is 24.1 Å². The maximum absolute atomic E-state index is 14.7. The van der Waals surface area contributed by atoms with Gasteiger partial charge in [0, 0.05) is 36.7 Å². The number of amides is 2. The maximum atomic E-state index is 14.7. The van der Waals surface area contributed by atoms with Crippen molar-refractivity contribution in [3.8, 4) is 5.88 Å². The van der Waals surface area contributed by atoms with Gasteiger partial charge in [0.25, 0.3) is 5.91 Å². The molecule has 0 spiro atoms. The molecule has 0 aliphatic carbocycles. The number of aliphatic carboxylic acids is 1. The standard InChI is InChI=1S/C23H27F2N3O5S/c1-33-18-6-5-14-17(27-18)9-10-28(19(29)7-8-20(30)31)21(14)23(32)26-13-11-15(24)22(16(25)12-13)34(2,3)4/h5-6,11-12,21H,7-10H2,1-4H3,(H,26,32)(H,30,31)/t21-/m1/s1. The third kappa shape index (κ3) is 5.46. The van der Waals surface area contributed by atoms with Crippen molar-refractivity contribution in [3.63, 3.8) is 0 Å². The molecule has 2 N–H and O–H groups in total. The fourth-order valence-corrected chi connectivity index (χ4v) is 5.20. The molecule has 0 saturated heterocycles. The number of nitrogens with zero attached hydrogens (tertiary/aromatic N) is 2. The van der Waals surface area contributed by atoms with Crippen LogP contribution >= 0.6 is 10.0 Å². The average molecular weight is 496 g/mol. The smallest absolute Gasteiger partial charge is 0.303 e. The summed E-state index contributed by atoms with van der Waals surface area (Å²) < 4.78 is 34.5. The number of anilines is 1. The Hall–Kier alpha value is -3.21. The summed E-state index contributed by atoms with van der Waals surface area (Å²) in [6.07, 6.45) is 4.94. The SMILES string of the molecule is COc1ccc2c(n1)CCN(C(=O)CCC(=O)O)[C@H]2C(=O)Nc1cc(F)c(S(C)(C)C)c(F)c1. The first-order chi connectivity index (χ1) is 15.9. The van der Waals surface area contributed by atoms with Crippen molar-refractivity contribution in [2.45, 2.75) is 30.2 Å². The molecule has 1 aromatic heterocycles. The predicted octanol–water partition coefficient (Wildman–Crippen LogP) is 3.35. The van der Waals surface area contributed by atoms with Gasteiger partial charge < -0.3 is 20.1 Å². The van der Waals surface area contributed by atoms with Crippen molar-refractivity contribution in [1.29, 1.82) is 0 Å². The summed E-state index contributed by atoms with van der Waals surface area (Å²) >= 11 is 0. The molecule has 11 heteroatoms. The third-order valence-corrected chi connectivity index (χ3v) is 7.00. The van der Waals surface area contributed by atoms with Crippen LogP contribution in [0.3, 0.4) is 0 Å². The molecule has 1 aliphatic heterocycles. The van der Waals surface area contributed by atoms with Crippen LogP contribution in [0.4, 0.5) is 14.5 Å². The van der Waals surface area contributed by atoms with E-state index in [-0.39, 0.29) is 30.0 Å². The number of benzene rings is 1. The number of hydrogen-bond donors (Lipinski definition) is 2. The van der Waals surface area contributed by atoms with Gasteiger partial charge in [0.1, 0.15) is 17.7 Å². The minimum atomic E-state index is -1.69. The van der Waals surface area contributed by atoms with Gasteiger partial charge in [0.2, 0.25) is 11.8 Å². The van der Waals surface area contributed by atoms with Crippen LogP contribution in [0.15, 0.2) is 29.2 Å². The highest BCUT2D eigenvalue weighted by atomic mass is 32.3. The Kier molecular flexibility index (Phi) is 7.44. The number of carboxylic acids is 1. The second-order valence-corrected chi connectivity index (χ2v) is 12.7. The molecule has 8 nitrogen and oxygen atoms in total. The number of rotatable bonds is 7. The molecule has 34 heavy (non-hydrogen) atoms. The van der Waals surface area contributed by atoms with Gasteiger partial charge in [-0.25, -0.2) is 23.8 Å². The van der Waals surface area contributed by atoms with Gasteiger partial charge in [-0.3, -0.25) is 14.4 Å². The predicted molar refractivity (Wildman–Crippen MR) is 124 cm³/mol. The third-order valence-electron chi connectivity index (χ3n) is 5.39. The summed E-state index contributed by atoms with van der Waals surface area (Å²) in [5, 5.41) is 11.4. The molecule has 2 aromatic rings. The van der Waals surface area contributed by atoms with Crippen LogP contribution in [0.5, 0.6) is 5.88 Å². The number of fused-ring (bicyclic) bond motifs is 1. The van der Waals surface area contributed by atoms with E-state index in [1.165, 1.54) is 12.0 Å². The zero-order chi connectivity index (χ0) is 25.2. The monoisotopic (exact) mass is 495 g/mol.